The van der Waals surface area contributed by atoms with E-state index in [2.05, 4.69) is 31.2 Å². The third kappa shape index (κ3) is 3.71. The average molecular weight is 362 g/mol. The van der Waals surface area contributed by atoms with Crippen molar-refractivity contribution >= 4 is 18.6 Å². The normalized spacial score (nSPS) is 12.0. The molecule has 0 aromatic heterocycles. The van der Waals surface area contributed by atoms with Gasteiger partial charge < -0.3 is 4.57 Å². The van der Waals surface area contributed by atoms with Crippen molar-refractivity contribution in [3.8, 4) is 11.1 Å². The molecule has 1 atom stereocenters. The molecule has 26 heavy (non-hydrogen) atoms. The zero-order valence-electron chi connectivity index (χ0n) is 15.6. The second-order valence-corrected chi connectivity index (χ2v) is 8.57. The Morgan fingerprint density at radius 3 is 1.65 bits per heavy atom. The van der Waals surface area contributed by atoms with Crippen LogP contribution in [0.25, 0.3) is 11.1 Å². The summed E-state index contributed by atoms with van der Waals surface area (Å²) in [7, 11) is -2.55. The van der Waals surface area contributed by atoms with Crippen LogP contribution in [0.5, 0.6) is 0 Å². The molecular weight excluding hydrogens is 339 g/mol. The summed E-state index contributed by atoms with van der Waals surface area (Å²) in [6.07, 6.45) is 0. The zero-order chi connectivity index (χ0) is 18.8. The van der Waals surface area contributed by atoms with E-state index >= 15 is 0 Å². The van der Waals surface area contributed by atoms with Crippen molar-refractivity contribution in [1.82, 2.24) is 0 Å². The second kappa shape index (κ2) is 7.43. The maximum Gasteiger partial charge on any atom is 0.223 e. The van der Waals surface area contributed by atoms with E-state index in [1.54, 1.807) is 0 Å². The molecule has 0 fully saturated rings. The molecule has 1 unspecified atom stereocenters. The Kier molecular flexibility index (Phi) is 5.25. The highest BCUT2D eigenvalue weighted by Gasteiger charge is 2.20. The molecule has 0 bridgehead atoms. The molecule has 2 nitrogen and oxygen atoms in total. The van der Waals surface area contributed by atoms with Gasteiger partial charge in [0.05, 0.1) is 0 Å². The lowest BCUT2D eigenvalue weighted by molar-refractivity contribution is 0.107. The van der Waals surface area contributed by atoms with Crippen LogP contribution in [0.3, 0.4) is 0 Å². The highest BCUT2D eigenvalue weighted by molar-refractivity contribution is 7.71. The van der Waals surface area contributed by atoms with Gasteiger partial charge >= 0.3 is 0 Å². The number of carbonyl (C=O) groups is 1. The molecule has 3 aromatic carbocycles. The average Bonchev–Trinajstić information content (AvgIpc) is 2.61. The lowest BCUT2D eigenvalue weighted by atomic mass is 10.0. The Bertz CT molecular complexity index is 961. The molecule has 0 aliphatic heterocycles. The smallest absolute Gasteiger partial charge is 0.223 e. The fourth-order valence-electron chi connectivity index (χ4n) is 3.34. The monoisotopic (exact) mass is 362 g/mol. The van der Waals surface area contributed by atoms with E-state index in [0.717, 1.165) is 27.8 Å². The number of hydrogen-bond donors (Lipinski definition) is 0. The summed E-state index contributed by atoms with van der Waals surface area (Å²) in [5.74, 6) is 0. The van der Waals surface area contributed by atoms with Gasteiger partial charge in [0, 0.05) is 10.9 Å². The van der Waals surface area contributed by atoms with Gasteiger partial charge in [0.2, 0.25) is 5.52 Å². The van der Waals surface area contributed by atoms with Crippen LogP contribution in [0.15, 0.2) is 60.7 Å². The molecule has 0 amide bonds. The topological polar surface area (TPSA) is 34.1 Å². The molecule has 3 heteroatoms. The Labute approximate surface area is 155 Å². The number of hydrogen-bond acceptors (Lipinski definition) is 2. The van der Waals surface area contributed by atoms with E-state index in [1.165, 1.54) is 5.56 Å². The first-order valence-corrected chi connectivity index (χ1v) is 10.1. The zero-order valence-corrected chi connectivity index (χ0v) is 16.6. The third-order valence-electron chi connectivity index (χ3n) is 4.64. The fraction of sp³-hybridized carbons (Fsp3) is 0.174. The van der Waals surface area contributed by atoms with Gasteiger partial charge in [0.25, 0.3) is 0 Å². The Hall–Kier alpha value is -2.44. The second-order valence-electron chi connectivity index (χ2n) is 6.88. The summed E-state index contributed by atoms with van der Waals surface area (Å²) in [5.41, 5.74) is 6.61. The van der Waals surface area contributed by atoms with Crippen LogP contribution < -0.4 is 5.30 Å². The summed E-state index contributed by atoms with van der Waals surface area (Å²) < 4.78 is 12.9. The Balaban J connectivity index is 1.89. The van der Waals surface area contributed by atoms with Gasteiger partial charge in [0.1, 0.15) is 0 Å². The van der Waals surface area contributed by atoms with E-state index in [0.29, 0.717) is 10.9 Å². The molecule has 0 saturated carbocycles. The standard InChI is InChI=1S/C23H23O2P/c1-15-5-7-19(8-6-15)20-9-11-21(12-10-20)26(25)23(24)22-17(3)13-16(2)14-18(22)4/h5-14,26H,1-4H3. The lowest BCUT2D eigenvalue weighted by Crippen LogP contribution is -2.07. The fourth-order valence-corrected chi connectivity index (χ4v) is 4.70. The van der Waals surface area contributed by atoms with Gasteiger partial charge in [-0.2, -0.15) is 0 Å². The first kappa shape index (κ1) is 18.4. The first-order valence-electron chi connectivity index (χ1n) is 8.71. The van der Waals surface area contributed by atoms with Crippen molar-refractivity contribution in [1.29, 1.82) is 0 Å². The number of rotatable bonds is 4. The predicted molar refractivity (Wildman–Crippen MR) is 110 cm³/mol. The summed E-state index contributed by atoms with van der Waals surface area (Å²) in [6.45, 7) is 7.87. The van der Waals surface area contributed by atoms with Crippen molar-refractivity contribution in [2.45, 2.75) is 27.7 Å². The molecule has 3 aromatic rings. The van der Waals surface area contributed by atoms with E-state index in [-0.39, 0.29) is 5.52 Å². The summed E-state index contributed by atoms with van der Waals surface area (Å²) >= 11 is 0. The minimum atomic E-state index is -2.55. The molecule has 0 radical (unpaired) electrons. The molecule has 0 aliphatic carbocycles. The third-order valence-corrected chi connectivity index (χ3v) is 6.16. The summed E-state index contributed by atoms with van der Waals surface area (Å²) in [4.78, 5) is 12.8. The molecule has 0 spiro atoms. The van der Waals surface area contributed by atoms with Gasteiger partial charge in [-0.05, 0) is 49.9 Å². The highest BCUT2D eigenvalue weighted by Crippen LogP contribution is 2.31. The SMILES string of the molecule is Cc1ccc(-c2ccc([PH](=O)C(=O)c3c(C)cc(C)cc3C)cc2)cc1. The molecule has 0 N–H and O–H groups in total. The van der Waals surface area contributed by atoms with Crippen LogP contribution in [0.1, 0.15) is 32.6 Å². The Morgan fingerprint density at radius 1 is 0.692 bits per heavy atom. The molecule has 0 saturated heterocycles. The van der Waals surface area contributed by atoms with Crippen LogP contribution >= 0.6 is 7.80 Å². The maximum absolute atomic E-state index is 12.9. The van der Waals surface area contributed by atoms with Gasteiger partial charge in [-0.3, -0.25) is 4.79 Å². The maximum atomic E-state index is 12.9. The highest BCUT2D eigenvalue weighted by atomic mass is 31.1. The van der Waals surface area contributed by atoms with Gasteiger partial charge in [-0.15, -0.1) is 0 Å². The number of aryl methyl sites for hydroxylation is 4. The summed E-state index contributed by atoms with van der Waals surface area (Å²) in [6, 6.07) is 19.7. The molecule has 3 rings (SSSR count). The van der Waals surface area contributed by atoms with Crippen molar-refractivity contribution in [2.24, 2.45) is 0 Å². The van der Waals surface area contributed by atoms with Gasteiger partial charge in [0.15, 0.2) is 7.80 Å². The quantitative estimate of drug-likeness (QED) is 0.565. The van der Waals surface area contributed by atoms with Gasteiger partial charge in [-0.1, -0.05) is 71.8 Å². The number of benzene rings is 3. The number of carbonyl (C=O) groups excluding carboxylic acids is 1. The first-order chi connectivity index (χ1) is 12.4. The minimum Gasteiger partial charge on any atom is -0.313 e. The van der Waals surface area contributed by atoms with E-state index in [9.17, 15) is 9.36 Å². The van der Waals surface area contributed by atoms with Crippen LogP contribution in [-0.2, 0) is 4.57 Å². The minimum absolute atomic E-state index is 0.256. The largest absolute Gasteiger partial charge is 0.313 e. The van der Waals surface area contributed by atoms with E-state index in [4.69, 9.17) is 0 Å². The van der Waals surface area contributed by atoms with Crippen LogP contribution in [0.2, 0.25) is 0 Å². The molecule has 0 aliphatic rings. The predicted octanol–water partition coefficient (Wildman–Crippen LogP) is 5.61. The molecule has 132 valence electrons. The lowest BCUT2D eigenvalue weighted by Gasteiger charge is -2.11. The van der Waals surface area contributed by atoms with Crippen LogP contribution in [-0.4, -0.2) is 5.52 Å². The van der Waals surface area contributed by atoms with E-state index < -0.39 is 7.80 Å². The van der Waals surface area contributed by atoms with E-state index in [1.807, 2.05) is 57.2 Å². The van der Waals surface area contributed by atoms with Crippen LogP contribution in [0, 0.1) is 27.7 Å². The van der Waals surface area contributed by atoms with Crippen molar-refractivity contribution < 1.29 is 9.36 Å². The van der Waals surface area contributed by atoms with Crippen molar-refractivity contribution in [3.63, 3.8) is 0 Å². The van der Waals surface area contributed by atoms with Crippen molar-refractivity contribution in [2.75, 3.05) is 0 Å². The summed E-state index contributed by atoms with van der Waals surface area (Å²) in [5, 5.41) is 0.607. The molecular formula is C23H23O2P. The van der Waals surface area contributed by atoms with Gasteiger partial charge in [-0.25, -0.2) is 0 Å². The molecule has 0 heterocycles. The Morgan fingerprint density at radius 2 is 1.15 bits per heavy atom. The van der Waals surface area contributed by atoms with Crippen LogP contribution in [0.4, 0.5) is 0 Å². The van der Waals surface area contributed by atoms with Crippen molar-refractivity contribution in [3.05, 3.63) is 88.5 Å².